The van der Waals surface area contributed by atoms with Crippen molar-refractivity contribution in [2.75, 3.05) is 37.8 Å². The Hall–Kier alpha value is -1.48. The third kappa shape index (κ3) is 5.01. The molecule has 1 aromatic rings. The number of rotatable bonds is 4. The summed E-state index contributed by atoms with van der Waals surface area (Å²) in [4.78, 5) is 14.4. The monoisotopic (exact) mass is 368 g/mol. The summed E-state index contributed by atoms with van der Waals surface area (Å²) in [5.74, 6) is 0.212. The topological polar surface area (TPSA) is 95.9 Å². The molecule has 0 aliphatic carbocycles. The first-order valence-electron chi connectivity index (χ1n) is 8.51. The fourth-order valence-corrected chi connectivity index (χ4v) is 4.35. The number of ether oxygens (including phenoxy) is 1. The van der Waals surface area contributed by atoms with Gasteiger partial charge in [0.05, 0.1) is 30.3 Å². The third-order valence-corrected chi connectivity index (χ3v) is 6.31. The highest BCUT2D eigenvalue weighted by Gasteiger charge is 2.25. The Morgan fingerprint density at radius 2 is 1.92 bits per heavy atom. The summed E-state index contributed by atoms with van der Waals surface area (Å²) in [6, 6.07) is 7.02. The molecule has 2 aliphatic heterocycles. The van der Waals surface area contributed by atoms with Crippen LogP contribution in [0.5, 0.6) is 0 Å². The number of aliphatic hydroxyl groups is 1. The molecule has 138 valence electrons. The molecule has 0 bridgehead atoms. The minimum absolute atomic E-state index is 0.207. The van der Waals surface area contributed by atoms with Gasteiger partial charge in [0, 0.05) is 31.8 Å². The minimum atomic E-state index is -2.87. The minimum Gasteiger partial charge on any atom is -0.389 e. The quantitative estimate of drug-likeness (QED) is 0.764. The van der Waals surface area contributed by atoms with Gasteiger partial charge in [0.25, 0.3) is 5.91 Å². The summed E-state index contributed by atoms with van der Waals surface area (Å²) >= 11 is 0. The molecule has 0 spiro atoms. The van der Waals surface area contributed by atoms with Crippen molar-refractivity contribution in [2.24, 2.45) is 0 Å². The second-order valence-electron chi connectivity index (χ2n) is 6.64. The van der Waals surface area contributed by atoms with E-state index in [2.05, 4.69) is 10.2 Å². The fraction of sp³-hybridized carbons (Fsp3) is 0.588. The van der Waals surface area contributed by atoms with Crippen LogP contribution in [-0.4, -0.2) is 74.3 Å². The van der Waals surface area contributed by atoms with Gasteiger partial charge in [-0.25, -0.2) is 8.42 Å². The van der Waals surface area contributed by atoms with E-state index in [1.807, 2.05) is 12.1 Å². The lowest BCUT2D eigenvalue weighted by atomic mass is 10.0. The number of carbonyl (C=O) groups excluding carboxylic acids is 1. The highest BCUT2D eigenvalue weighted by molar-refractivity contribution is 7.91. The van der Waals surface area contributed by atoms with Crippen LogP contribution in [0.1, 0.15) is 22.3 Å². The summed E-state index contributed by atoms with van der Waals surface area (Å²) in [6.45, 7) is 2.55. The first kappa shape index (κ1) is 18.3. The molecule has 25 heavy (non-hydrogen) atoms. The van der Waals surface area contributed by atoms with Crippen LogP contribution in [0.3, 0.4) is 0 Å². The SMILES string of the molecule is O=C(N[C@@H]1CCOC[C@H]1O)c1ccc(CN2CCS(=O)(=O)CC2)cc1. The molecule has 7 nitrogen and oxygen atoms in total. The van der Waals surface area contributed by atoms with Crippen molar-refractivity contribution < 1.29 is 23.1 Å². The lowest BCUT2D eigenvalue weighted by Crippen LogP contribution is -2.48. The van der Waals surface area contributed by atoms with Gasteiger partial charge in [0.1, 0.15) is 0 Å². The molecule has 0 unspecified atom stereocenters. The van der Waals surface area contributed by atoms with E-state index >= 15 is 0 Å². The molecule has 8 heteroatoms. The molecular weight excluding hydrogens is 344 g/mol. The van der Waals surface area contributed by atoms with Gasteiger partial charge < -0.3 is 15.2 Å². The summed E-state index contributed by atoms with van der Waals surface area (Å²) in [6.07, 6.45) is -0.0737. The Morgan fingerprint density at radius 3 is 2.56 bits per heavy atom. The van der Waals surface area contributed by atoms with Crippen LogP contribution < -0.4 is 5.32 Å². The van der Waals surface area contributed by atoms with Crippen LogP contribution in [0.2, 0.25) is 0 Å². The molecule has 0 saturated carbocycles. The van der Waals surface area contributed by atoms with E-state index in [1.165, 1.54) is 0 Å². The molecule has 1 amide bonds. The summed E-state index contributed by atoms with van der Waals surface area (Å²) in [7, 11) is -2.87. The number of aliphatic hydroxyl groups excluding tert-OH is 1. The van der Waals surface area contributed by atoms with Crippen LogP contribution in [0.15, 0.2) is 24.3 Å². The second kappa shape index (κ2) is 7.82. The van der Waals surface area contributed by atoms with Crippen LogP contribution in [0.25, 0.3) is 0 Å². The van der Waals surface area contributed by atoms with Gasteiger partial charge in [-0.2, -0.15) is 0 Å². The van der Waals surface area contributed by atoms with Crippen molar-refractivity contribution in [2.45, 2.75) is 25.1 Å². The standard InChI is InChI=1S/C17H24N2O5S/c20-16-12-24-8-5-15(16)18-17(21)14-3-1-13(2-4-14)11-19-6-9-25(22,23)10-7-19/h1-4,15-16,20H,5-12H2,(H,18,21)/t15-,16-/m1/s1. The first-order chi connectivity index (χ1) is 11.9. The molecule has 2 heterocycles. The molecule has 0 aromatic heterocycles. The summed E-state index contributed by atoms with van der Waals surface area (Å²) in [5.41, 5.74) is 1.59. The van der Waals surface area contributed by atoms with Gasteiger partial charge in [-0.3, -0.25) is 9.69 Å². The number of hydrogen-bond acceptors (Lipinski definition) is 6. The second-order valence-corrected chi connectivity index (χ2v) is 8.94. The Bertz CT molecular complexity index is 690. The fourth-order valence-electron chi connectivity index (χ4n) is 3.07. The highest BCUT2D eigenvalue weighted by Crippen LogP contribution is 2.13. The van der Waals surface area contributed by atoms with E-state index in [0.717, 1.165) is 5.56 Å². The van der Waals surface area contributed by atoms with E-state index in [-0.39, 0.29) is 30.1 Å². The van der Waals surface area contributed by atoms with Gasteiger partial charge in [0.15, 0.2) is 9.84 Å². The molecule has 1 aromatic carbocycles. The number of carbonyl (C=O) groups is 1. The van der Waals surface area contributed by atoms with Gasteiger partial charge in [-0.15, -0.1) is 0 Å². The number of amides is 1. The number of sulfone groups is 1. The maximum atomic E-state index is 12.3. The molecule has 0 radical (unpaired) electrons. The van der Waals surface area contributed by atoms with Crippen LogP contribution in [0.4, 0.5) is 0 Å². The largest absolute Gasteiger partial charge is 0.389 e. The van der Waals surface area contributed by atoms with E-state index in [4.69, 9.17) is 4.74 Å². The van der Waals surface area contributed by atoms with E-state index in [0.29, 0.717) is 38.2 Å². The van der Waals surface area contributed by atoms with Crippen LogP contribution >= 0.6 is 0 Å². The predicted octanol–water partition coefficient (Wildman–Crippen LogP) is -0.203. The number of nitrogens with zero attached hydrogens (tertiary/aromatic N) is 1. The van der Waals surface area contributed by atoms with Crippen LogP contribution in [0, 0.1) is 0 Å². The average molecular weight is 368 g/mol. The van der Waals surface area contributed by atoms with Crippen molar-refractivity contribution in [3.05, 3.63) is 35.4 Å². The Kier molecular flexibility index (Phi) is 5.73. The van der Waals surface area contributed by atoms with Crippen molar-refractivity contribution in [3.8, 4) is 0 Å². The first-order valence-corrected chi connectivity index (χ1v) is 10.3. The number of benzene rings is 1. The maximum Gasteiger partial charge on any atom is 0.251 e. The van der Waals surface area contributed by atoms with Gasteiger partial charge in [-0.05, 0) is 24.1 Å². The zero-order valence-corrected chi connectivity index (χ0v) is 14.9. The molecule has 2 fully saturated rings. The van der Waals surface area contributed by atoms with Crippen molar-refractivity contribution >= 4 is 15.7 Å². The maximum absolute atomic E-state index is 12.3. The van der Waals surface area contributed by atoms with Crippen LogP contribution in [-0.2, 0) is 21.1 Å². The van der Waals surface area contributed by atoms with Gasteiger partial charge in [0.2, 0.25) is 0 Å². The lowest BCUT2D eigenvalue weighted by Gasteiger charge is -2.28. The smallest absolute Gasteiger partial charge is 0.251 e. The Morgan fingerprint density at radius 1 is 1.24 bits per heavy atom. The zero-order chi connectivity index (χ0) is 17.9. The third-order valence-electron chi connectivity index (χ3n) is 4.70. The number of hydrogen-bond donors (Lipinski definition) is 2. The highest BCUT2D eigenvalue weighted by atomic mass is 32.2. The lowest BCUT2D eigenvalue weighted by molar-refractivity contribution is -0.0260. The van der Waals surface area contributed by atoms with Gasteiger partial charge in [-0.1, -0.05) is 12.1 Å². The average Bonchev–Trinajstić information content (AvgIpc) is 2.59. The van der Waals surface area contributed by atoms with Crippen molar-refractivity contribution in [1.29, 1.82) is 0 Å². The Balaban J connectivity index is 1.54. The molecule has 2 N–H and O–H groups in total. The summed E-state index contributed by atoms with van der Waals surface area (Å²) in [5, 5.41) is 12.7. The molecule has 2 atom stereocenters. The molecule has 2 saturated heterocycles. The molecular formula is C17H24N2O5S. The van der Waals surface area contributed by atoms with Crippen molar-refractivity contribution in [3.63, 3.8) is 0 Å². The van der Waals surface area contributed by atoms with E-state index in [1.54, 1.807) is 12.1 Å². The predicted molar refractivity (Wildman–Crippen MR) is 93.1 cm³/mol. The van der Waals surface area contributed by atoms with E-state index in [9.17, 15) is 18.3 Å². The summed E-state index contributed by atoms with van der Waals surface area (Å²) < 4.78 is 28.1. The van der Waals surface area contributed by atoms with Crippen molar-refractivity contribution in [1.82, 2.24) is 10.2 Å². The van der Waals surface area contributed by atoms with E-state index < -0.39 is 15.9 Å². The van der Waals surface area contributed by atoms with Gasteiger partial charge >= 0.3 is 0 Å². The molecule has 3 rings (SSSR count). The zero-order valence-electron chi connectivity index (χ0n) is 14.1. The normalized spacial score (nSPS) is 26.9. The number of nitrogens with one attached hydrogen (secondary N) is 1. The molecule has 2 aliphatic rings. The Labute approximate surface area is 147 Å².